The number of carboxylic acid groups (broad SMARTS) is 1. The molecule has 0 saturated heterocycles. The van der Waals surface area contributed by atoms with E-state index in [9.17, 15) is 24.3 Å². The van der Waals surface area contributed by atoms with E-state index < -0.39 is 47.9 Å². The number of hydrogen-bond acceptors (Lipinski definition) is 5. The first-order valence-corrected chi connectivity index (χ1v) is 10.6. The van der Waals surface area contributed by atoms with E-state index in [1.807, 2.05) is 27.7 Å². The van der Waals surface area contributed by atoms with Gasteiger partial charge in [0.2, 0.25) is 17.7 Å². The van der Waals surface area contributed by atoms with Crippen molar-refractivity contribution in [2.45, 2.75) is 86.0 Å². The van der Waals surface area contributed by atoms with Crippen LogP contribution in [0.2, 0.25) is 0 Å². The average molecular weight is 429 g/mol. The second-order valence-corrected chi connectivity index (χ2v) is 9.26. The molecule has 3 amide bonds. The van der Waals surface area contributed by atoms with Crippen LogP contribution < -0.4 is 21.7 Å². The van der Waals surface area contributed by atoms with Crippen molar-refractivity contribution in [3.05, 3.63) is 0 Å². The van der Waals surface area contributed by atoms with E-state index in [4.69, 9.17) is 5.73 Å². The molecule has 0 aliphatic carbocycles. The lowest BCUT2D eigenvalue weighted by atomic mass is 9.97. The molecule has 9 heteroatoms. The fraction of sp³-hybridized carbons (Fsp3) is 0.810. The minimum atomic E-state index is -1.12. The number of amides is 3. The second kappa shape index (κ2) is 12.5. The summed E-state index contributed by atoms with van der Waals surface area (Å²) in [5, 5.41) is 17.2. The molecule has 0 aromatic rings. The maximum absolute atomic E-state index is 12.9. The molecule has 0 spiro atoms. The molecule has 9 nitrogen and oxygen atoms in total. The van der Waals surface area contributed by atoms with E-state index in [1.165, 1.54) is 0 Å². The highest BCUT2D eigenvalue weighted by molar-refractivity contribution is 5.94. The Hall–Kier alpha value is -2.16. The maximum Gasteiger partial charge on any atom is 0.326 e. The highest BCUT2D eigenvalue weighted by atomic mass is 16.4. The first kappa shape index (κ1) is 27.8. The van der Waals surface area contributed by atoms with Crippen LogP contribution >= 0.6 is 0 Å². The first-order chi connectivity index (χ1) is 13.7. The number of aliphatic carboxylic acids is 1. The molecule has 0 bridgehead atoms. The smallest absolute Gasteiger partial charge is 0.326 e. The average Bonchev–Trinajstić information content (AvgIpc) is 2.60. The molecule has 4 atom stereocenters. The summed E-state index contributed by atoms with van der Waals surface area (Å²) >= 11 is 0. The van der Waals surface area contributed by atoms with Crippen LogP contribution in [0.1, 0.15) is 61.8 Å². The summed E-state index contributed by atoms with van der Waals surface area (Å²) in [6.45, 7) is 14.4. The van der Waals surface area contributed by atoms with Crippen molar-refractivity contribution in [1.29, 1.82) is 0 Å². The number of rotatable bonds is 12. The molecule has 0 saturated carbocycles. The van der Waals surface area contributed by atoms with Crippen molar-refractivity contribution < 1.29 is 24.3 Å². The molecule has 4 unspecified atom stereocenters. The molecular weight excluding hydrogens is 388 g/mol. The highest BCUT2D eigenvalue weighted by Gasteiger charge is 2.33. The Labute approximate surface area is 179 Å². The van der Waals surface area contributed by atoms with Gasteiger partial charge in [-0.1, -0.05) is 55.4 Å². The fourth-order valence-electron chi connectivity index (χ4n) is 2.82. The number of nitrogens with one attached hydrogen (secondary N) is 3. The van der Waals surface area contributed by atoms with Gasteiger partial charge >= 0.3 is 5.97 Å². The van der Waals surface area contributed by atoms with Crippen LogP contribution in [0.15, 0.2) is 0 Å². The van der Waals surface area contributed by atoms with Crippen LogP contribution in [0.3, 0.4) is 0 Å². The summed E-state index contributed by atoms with van der Waals surface area (Å²) in [7, 11) is 0. The quantitative estimate of drug-likeness (QED) is 0.311. The van der Waals surface area contributed by atoms with E-state index in [2.05, 4.69) is 16.0 Å². The molecule has 0 aliphatic heterocycles. The number of carboxylic acids is 1. The Morgan fingerprint density at radius 2 is 1.10 bits per heavy atom. The Morgan fingerprint density at radius 3 is 1.43 bits per heavy atom. The minimum Gasteiger partial charge on any atom is -0.480 e. The number of carbonyl (C=O) groups excluding carboxylic acids is 3. The topological polar surface area (TPSA) is 151 Å². The van der Waals surface area contributed by atoms with Crippen molar-refractivity contribution in [2.75, 3.05) is 0 Å². The molecule has 0 aromatic carbocycles. The molecule has 6 N–H and O–H groups in total. The van der Waals surface area contributed by atoms with Crippen molar-refractivity contribution in [2.24, 2.45) is 29.4 Å². The van der Waals surface area contributed by atoms with E-state index in [1.54, 1.807) is 27.7 Å². The molecule has 0 aromatic heterocycles. The van der Waals surface area contributed by atoms with Gasteiger partial charge in [-0.2, -0.15) is 0 Å². The van der Waals surface area contributed by atoms with Crippen LogP contribution in [-0.4, -0.2) is 53.0 Å². The number of hydrogen-bond donors (Lipinski definition) is 5. The van der Waals surface area contributed by atoms with E-state index in [0.717, 1.165) is 0 Å². The van der Waals surface area contributed by atoms with Gasteiger partial charge in [0.1, 0.15) is 18.1 Å². The zero-order valence-corrected chi connectivity index (χ0v) is 19.5. The number of carbonyl (C=O) groups is 4. The van der Waals surface area contributed by atoms with Crippen LogP contribution in [0, 0.1) is 23.7 Å². The van der Waals surface area contributed by atoms with Crippen molar-refractivity contribution in [3.8, 4) is 0 Å². The van der Waals surface area contributed by atoms with Crippen LogP contribution in [0.5, 0.6) is 0 Å². The molecule has 0 rings (SSSR count). The molecule has 0 aliphatic rings. The maximum atomic E-state index is 12.9. The Balaban J connectivity index is 5.37. The molecule has 30 heavy (non-hydrogen) atoms. The van der Waals surface area contributed by atoms with Crippen LogP contribution in [0.25, 0.3) is 0 Å². The lowest BCUT2D eigenvalue weighted by molar-refractivity contribution is -0.143. The van der Waals surface area contributed by atoms with Gasteiger partial charge in [-0.25, -0.2) is 4.79 Å². The summed E-state index contributed by atoms with van der Waals surface area (Å²) in [5.41, 5.74) is 5.87. The van der Waals surface area contributed by atoms with Gasteiger partial charge in [-0.15, -0.1) is 0 Å². The third-order valence-corrected chi connectivity index (χ3v) is 4.84. The second-order valence-electron chi connectivity index (χ2n) is 9.26. The third-order valence-electron chi connectivity index (χ3n) is 4.84. The molecule has 0 fully saturated rings. The summed E-state index contributed by atoms with van der Waals surface area (Å²) in [6, 6.07) is -3.61. The Kier molecular flexibility index (Phi) is 11.6. The lowest BCUT2D eigenvalue weighted by Gasteiger charge is -2.29. The summed E-state index contributed by atoms with van der Waals surface area (Å²) < 4.78 is 0. The zero-order valence-electron chi connectivity index (χ0n) is 19.5. The fourth-order valence-corrected chi connectivity index (χ4v) is 2.82. The van der Waals surface area contributed by atoms with Gasteiger partial charge in [-0.3, -0.25) is 14.4 Å². The molecule has 0 radical (unpaired) electrons. The predicted molar refractivity (Wildman–Crippen MR) is 115 cm³/mol. The molecule has 0 heterocycles. The van der Waals surface area contributed by atoms with E-state index in [-0.39, 0.29) is 30.1 Å². The van der Waals surface area contributed by atoms with Gasteiger partial charge in [0, 0.05) is 0 Å². The largest absolute Gasteiger partial charge is 0.480 e. The minimum absolute atomic E-state index is 0.0733. The third kappa shape index (κ3) is 9.11. The van der Waals surface area contributed by atoms with Gasteiger partial charge in [0.05, 0.1) is 6.04 Å². The number of nitrogens with two attached hydrogens (primary N) is 1. The van der Waals surface area contributed by atoms with E-state index in [0.29, 0.717) is 0 Å². The standard InChI is InChI=1S/C21H40N4O5/c1-10(2)9-14(21(29)30)23-19(27)16(12(5)6)25-20(28)17(13(7)8)24-18(26)15(22)11(3)4/h10-17H,9,22H2,1-8H3,(H,23,27)(H,24,26)(H,25,28)(H,29,30). The Bertz CT molecular complexity index is 604. The predicted octanol–water partition coefficient (Wildman–Crippen LogP) is 0.867. The Morgan fingerprint density at radius 1 is 0.700 bits per heavy atom. The van der Waals surface area contributed by atoms with E-state index >= 15 is 0 Å². The van der Waals surface area contributed by atoms with Gasteiger partial charge in [0.15, 0.2) is 0 Å². The summed E-state index contributed by atoms with van der Waals surface area (Å²) in [6.07, 6.45) is 0.275. The van der Waals surface area contributed by atoms with Gasteiger partial charge < -0.3 is 26.8 Å². The summed E-state index contributed by atoms with van der Waals surface area (Å²) in [5.74, 6) is -3.19. The monoisotopic (exact) mass is 428 g/mol. The van der Waals surface area contributed by atoms with Gasteiger partial charge in [-0.05, 0) is 30.1 Å². The van der Waals surface area contributed by atoms with Gasteiger partial charge in [0.25, 0.3) is 0 Å². The molecule has 174 valence electrons. The molecular formula is C21H40N4O5. The summed E-state index contributed by atoms with van der Waals surface area (Å²) in [4.78, 5) is 49.4. The van der Waals surface area contributed by atoms with Crippen molar-refractivity contribution in [3.63, 3.8) is 0 Å². The zero-order chi connectivity index (χ0) is 23.8. The SMILES string of the molecule is CC(C)CC(NC(=O)C(NC(=O)C(NC(=O)C(N)C(C)C)C(C)C)C(C)C)C(=O)O. The van der Waals surface area contributed by atoms with Crippen molar-refractivity contribution in [1.82, 2.24) is 16.0 Å². The normalized spacial score (nSPS) is 15.6. The first-order valence-electron chi connectivity index (χ1n) is 10.6. The highest BCUT2D eigenvalue weighted by Crippen LogP contribution is 2.10. The van der Waals surface area contributed by atoms with Crippen molar-refractivity contribution >= 4 is 23.7 Å². The lowest BCUT2D eigenvalue weighted by Crippen LogP contribution is -2.60. The van der Waals surface area contributed by atoms with Crippen LogP contribution in [0.4, 0.5) is 0 Å². The van der Waals surface area contributed by atoms with Crippen LogP contribution in [-0.2, 0) is 19.2 Å².